The molecular weight excluding hydrogens is 737 g/mol. The van der Waals surface area contributed by atoms with Gasteiger partial charge in [0.25, 0.3) is 0 Å². The first-order valence-corrected chi connectivity index (χ1v) is 22.1. The Morgan fingerprint density at radius 2 is 1.75 bits per heavy atom. The minimum atomic E-state index is -1.03. The highest BCUT2D eigenvalue weighted by Crippen LogP contribution is 2.62. The van der Waals surface area contributed by atoms with Gasteiger partial charge in [-0.05, 0) is 141 Å². The van der Waals surface area contributed by atoms with Crippen LogP contribution in [0.4, 0.5) is 0 Å². The maximum absolute atomic E-state index is 9.96. The first-order chi connectivity index (χ1) is 27.9. The van der Waals surface area contributed by atoms with Crippen molar-refractivity contribution in [2.45, 2.75) is 108 Å². The molecule has 0 radical (unpaired) electrons. The lowest BCUT2D eigenvalue weighted by Gasteiger charge is -2.58. The molecule has 1 saturated carbocycles. The number of rotatable bonds is 19. The molecule has 1 unspecified atom stereocenters. The number of allylic oxidation sites excluding steroid dienone is 1. The fraction of sp³-hybridized carbons (Fsp3) is 0.532. The third-order valence-electron chi connectivity index (χ3n) is 12.2. The highest BCUT2D eigenvalue weighted by Gasteiger charge is 2.64. The number of ether oxygens (including phenoxy) is 4. The van der Waals surface area contributed by atoms with Crippen LogP contribution >= 0.6 is 11.8 Å². The highest BCUT2D eigenvalue weighted by atomic mass is 32.2. The van der Waals surface area contributed by atoms with E-state index in [4.69, 9.17) is 28.9 Å². The minimum Gasteiger partial charge on any atom is -0.460 e. The van der Waals surface area contributed by atoms with Crippen LogP contribution in [0.3, 0.4) is 0 Å². The number of unbranched alkanes of at least 4 members (excludes halogenated alkanes) is 2. The lowest BCUT2D eigenvalue weighted by atomic mass is 9.56. The summed E-state index contributed by atoms with van der Waals surface area (Å²) >= 11 is 1.87. The molecule has 2 aliphatic carbocycles. The molecule has 0 amide bonds. The molecule has 306 valence electrons. The SMILES string of the molecule is C=CCO[C@@]12Oc3ccc(Oc4ccc(C)c(C)c4)cc3[C@H]3[C@H](CCCCO)[C@@H](CCCCO)C=C(C(=NOC4CCCCO4)C[C@@H]1SCCc1ccncc1)[C@H]32. The largest absolute Gasteiger partial charge is 0.460 e. The number of benzene rings is 2. The lowest BCUT2D eigenvalue weighted by molar-refractivity contribution is -0.223. The van der Waals surface area contributed by atoms with Crippen LogP contribution in [0.25, 0.3) is 0 Å². The number of pyridine rings is 1. The van der Waals surface area contributed by atoms with Gasteiger partial charge in [0.05, 0.1) is 30.1 Å². The number of thioether (sulfide) groups is 1. The Balaban J connectivity index is 1.36. The third kappa shape index (κ3) is 9.63. The molecule has 2 aromatic carbocycles. The normalized spacial score (nSPS) is 27.2. The Labute approximate surface area is 342 Å². The Morgan fingerprint density at radius 1 is 0.965 bits per heavy atom. The van der Waals surface area contributed by atoms with Gasteiger partial charge in [-0.15, -0.1) is 6.58 Å². The molecule has 57 heavy (non-hydrogen) atoms. The van der Waals surface area contributed by atoms with Gasteiger partial charge in [0.15, 0.2) is 0 Å². The number of hydrogen-bond donors (Lipinski definition) is 2. The van der Waals surface area contributed by atoms with Crippen LogP contribution < -0.4 is 9.47 Å². The molecule has 2 fully saturated rings. The molecule has 3 heterocycles. The number of aliphatic hydroxyl groups excluding tert-OH is 2. The number of oxime groups is 1. The van der Waals surface area contributed by atoms with Crippen molar-refractivity contribution in [3.8, 4) is 17.2 Å². The number of nitrogens with zero attached hydrogens (tertiary/aromatic N) is 2. The summed E-state index contributed by atoms with van der Waals surface area (Å²) in [5.41, 5.74) is 6.77. The van der Waals surface area contributed by atoms with Gasteiger partial charge < -0.3 is 34.0 Å². The summed E-state index contributed by atoms with van der Waals surface area (Å²) in [5, 5.41) is 24.7. The van der Waals surface area contributed by atoms with Crippen LogP contribution in [0.2, 0.25) is 0 Å². The van der Waals surface area contributed by atoms with Crippen molar-refractivity contribution in [2.24, 2.45) is 22.9 Å². The molecule has 7 rings (SSSR count). The zero-order chi connectivity index (χ0) is 39.6. The van der Waals surface area contributed by atoms with Gasteiger partial charge in [0.1, 0.15) is 17.2 Å². The summed E-state index contributed by atoms with van der Waals surface area (Å²) in [6.45, 7) is 9.61. The van der Waals surface area contributed by atoms with E-state index >= 15 is 0 Å². The summed E-state index contributed by atoms with van der Waals surface area (Å²) in [4.78, 5) is 10.5. The molecule has 4 aliphatic rings. The topological polar surface area (TPSA) is 112 Å². The van der Waals surface area contributed by atoms with Crippen molar-refractivity contribution < 1.29 is 34.0 Å². The second-order valence-corrected chi connectivity index (χ2v) is 17.3. The van der Waals surface area contributed by atoms with Crippen LogP contribution in [-0.2, 0) is 20.7 Å². The van der Waals surface area contributed by atoms with Crippen LogP contribution in [0, 0.1) is 31.6 Å². The van der Waals surface area contributed by atoms with Gasteiger partial charge in [-0.25, -0.2) is 0 Å². The Bertz CT molecular complexity index is 1850. The third-order valence-corrected chi connectivity index (χ3v) is 13.6. The number of aliphatic hydroxyl groups is 2. The van der Waals surface area contributed by atoms with Crippen LogP contribution in [0.5, 0.6) is 17.2 Å². The molecular formula is C47H60N2O7S. The van der Waals surface area contributed by atoms with Crippen LogP contribution in [0.1, 0.15) is 92.4 Å². The monoisotopic (exact) mass is 796 g/mol. The van der Waals surface area contributed by atoms with E-state index in [0.717, 1.165) is 104 Å². The Morgan fingerprint density at radius 3 is 2.51 bits per heavy atom. The van der Waals surface area contributed by atoms with Gasteiger partial charge in [-0.3, -0.25) is 4.98 Å². The number of aromatic nitrogens is 1. The molecule has 2 aliphatic heterocycles. The molecule has 0 bridgehead atoms. The van der Waals surface area contributed by atoms with Crippen molar-refractivity contribution in [1.29, 1.82) is 0 Å². The minimum absolute atomic E-state index is 0.0144. The molecule has 2 N–H and O–H groups in total. The molecule has 7 atom stereocenters. The number of hydrogen-bond acceptors (Lipinski definition) is 10. The van der Waals surface area contributed by atoms with Gasteiger partial charge in [0.2, 0.25) is 12.1 Å². The second kappa shape index (κ2) is 19.9. The fourth-order valence-corrected chi connectivity index (χ4v) is 10.6. The quantitative estimate of drug-likeness (QED) is 0.0696. The van der Waals surface area contributed by atoms with Crippen molar-refractivity contribution in [1.82, 2.24) is 4.98 Å². The number of aryl methyl sites for hydroxylation is 3. The van der Waals surface area contributed by atoms with Gasteiger partial charge in [-0.2, -0.15) is 11.8 Å². The molecule has 10 heteroatoms. The van der Waals surface area contributed by atoms with E-state index in [1.807, 2.05) is 42.4 Å². The lowest BCUT2D eigenvalue weighted by Crippen LogP contribution is -2.64. The van der Waals surface area contributed by atoms with Crippen LogP contribution in [0.15, 0.2) is 90.4 Å². The maximum Gasteiger partial charge on any atom is 0.230 e. The van der Waals surface area contributed by atoms with Gasteiger partial charge >= 0.3 is 0 Å². The smallest absolute Gasteiger partial charge is 0.230 e. The summed E-state index contributed by atoms with van der Waals surface area (Å²) < 4.78 is 27.1. The van der Waals surface area contributed by atoms with E-state index in [1.165, 1.54) is 16.7 Å². The van der Waals surface area contributed by atoms with E-state index in [-0.39, 0.29) is 48.4 Å². The van der Waals surface area contributed by atoms with E-state index in [0.29, 0.717) is 19.6 Å². The Hall–Kier alpha value is -3.67. The molecule has 9 nitrogen and oxygen atoms in total. The zero-order valence-electron chi connectivity index (χ0n) is 33.7. The molecule has 3 aromatic rings. The van der Waals surface area contributed by atoms with Gasteiger partial charge in [-0.1, -0.05) is 36.2 Å². The van der Waals surface area contributed by atoms with Gasteiger partial charge in [0, 0.05) is 49.9 Å². The predicted octanol–water partition coefficient (Wildman–Crippen LogP) is 9.63. The first kappa shape index (κ1) is 41.5. The Kier molecular flexibility index (Phi) is 14.5. The fourth-order valence-electron chi connectivity index (χ4n) is 9.24. The van der Waals surface area contributed by atoms with E-state index in [2.05, 4.69) is 67.9 Å². The zero-order valence-corrected chi connectivity index (χ0v) is 34.5. The average Bonchev–Trinajstić information content (AvgIpc) is 3.23. The summed E-state index contributed by atoms with van der Waals surface area (Å²) in [7, 11) is 0. The molecule has 1 saturated heterocycles. The first-order valence-electron chi connectivity index (χ1n) is 21.1. The molecule has 0 spiro atoms. The van der Waals surface area contributed by atoms with Crippen molar-refractivity contribution in [3.05, 3.63) is 107 Å². The predicted molar refractivity (Wildman–Crippen MR) is 226 cm³/mol. The van der Waals surface area contributed by atoms with Crippen molar-refractivity contribution >= 4 is 17.5 Å². The van der Waals surface area contributed by atoms with E-state index < -0.39 is 5.79 Å². The summed E-state index contributed by atoms with van der Waals surface area (Å²) in [5.74, 6) is 2.37. The summed E-state index contributed by atoms with van der Waals surface area (Å²) in [6, 6.07) is 16.6. The van der Waals surface area contributed by atoms with E-state index in [1.54, 1.807) is 0 Å². The second-order valence-electron chi connectivity index (χ2n) is 16.0. The van der Waals surface area contributed by atoms with Crippen molar-refractivity contribution in [3.63, 3.8) is 0 Å². The average molecular weight is 797 g/mol. The highest BCUT2D eigenvalue weighted by molar-refractivity contribution is 8.00. The maximum atomic E-state index is 9.96. The molecule has 1 aromatic heterocycles. The van der Waals surface area contributed by atoms with E-state index in [9.17, 15) is 10.2 Å². The number of fused-ring (bicyclic) bond motifs is 2. The van der Waals surface area contributed by atoms with Crippen molar-refractivity contribution in [2.75, 3.05) is 32.2 Å². The van der Waals surface area contributed by atoms with Crippen LogP contribution in [-0.4, -0.2) is 70.4 Å². The summed E-state index contributed by atoms with van der Waals surface area (Å²) in [6.07, 6.45) is 17.1. The standard InChI is InChI=1S/C47H60N2O7S/c1-4-25-53-47-43(57-27-20-34-18-21-48-22-19-34)31-41(49-56-44-13-7-10-26-52-44)39-29-35(11-5-8-23-50)38(12-6-9-24-51)45(46(39)47)40-30-37(16-17-42(40)55-47)54-36-15-14-32(2)33(3)28-36/h4,14-19,21-22,28-30,35,38,43-46,50-51H,1,5-13,20,23-27,31H2,2-3H3/t35-,38+,43-,44?,45+,46+,47+/m0/s1.